The average Bonchev–Trinajstić information content (AvgIpc) is 2.82. The lowest BCUT2D eigenvalue weighted by molar-refractivity contribution is 0.684. The minimum atomic E-state index is -0.398. The van der Waals surface area contributed by atoms with Crippen LogP contribution in [0.3, 0.4) is 0 Å². The molecule has 0 N–H and O–H groups in total. The van der Waals surface area contributed by atoms with Crippen molar-refractivity contribution in [2.45, 2.75) is 6.54 Å². The summed E-state index contributed by atoms with van der Waals surface area (Å²) in [6.07, 6.45) is 0. The van der Waals surface area contributed by atoms with Gasteiger partial charge in [-0.05, 0) is 27.6 Å². The monoisotopic (exact) mass is 426 g/mol. The number of hydrogen-bond donors (Lipinski definition) is 0. The Morgan fingerprint density at radius 3 is 2.45 bits per heavy atom. The zero-order valence-electron chi connectivity index (χ0n) is 11.9. The molecule has 0 aliphatic heterocycles. The number of halogens is 2. The number of aryl methyl sites for hydroxylation is 1. The highest BCUT2D eigenvalue weighted by molar-refractivity contribution is 9.10. The van der Waals surface area contributed by atoms with Gasteiger partial charge in [-0.3, -0.25) is 18.5 Å². The first kappa shape index (κ1) is 15.2. The molecule has 22 heavy (non-hydrogen) atoms. The van der Waals surface area contributed by atoms with Crippen LogP contribution < -0.4 is 11.2 Å². The van der Waals surface area contributed by atoms with Crippen LogP contribution in [0.2, 0.25) is 0 Å². The van der Waals surface area contributed by atoms with Gasteiger partial charge in [0.1, 0.15) is 0 Å². The van der Waals surface area contributed by atoms with Crippen LogP contribution in [0.1, 0.15) is 5.56 Å². The summed E-state index contributed by atoms with van der Waals surface area (Å²) in [6.45, 7) is 0.485. The zero-order chi connectivity index (χ0) is 16.0. The number of rotatable bonds is 2. The van der Waals surface area contributed by atoms with E-state index >= 15 is 0 Å². The first-order valence-electron chi connectivity index (χ1n) is 6.47. The average molecular weight is 428 g/mol. The van der Waals surface area contributed by atoms with Gasteiger partial charge in [0.15, 0.2) is 15.9 Å². The molecule has 0 fully saturated rings. The summed E-state index contributed by atoms with van der Waals surface area (Å²) >= 11 is 6.89. The molecule has 0 bridgehead atoms. The maximum atomic E-state index is 12.2. The summed E-state index contributed by atoms with van der Waals surface area (Å²) in [4.78, 5) is 28.6. The molecule has 8 heteroatoms. The molecule has 1 aromatic carbocycles. The summed E-state index contributed by atoms with van der Waals surface area (Å²) in [5.74, 6) is 0. The third kappa shape index (κ3) is 2.26. The molecule has 0 amide bonds. The molecular formula is C14H12Br2N4O2. The Morgan fingerprint density at radius 2 is 1.77 bits per heavy atom. The van der Waals surface area contributed by atoms with Crippen LogP contribution in [0.4, 0.5) is 0 Å². The summed E-state index contributed by atoms with van der Waals surface area (Å²) < 4.78 is 5.77. The molecule has 114 valence electrons. The van der Waals surface area contributed by atoms with Crippen LogP contribution >= 0.6 is 31.9 Å². The second-order valence-corrected chi connectivity index (χ2v) is 6.50. The molecule has 3 aromatic rings. The molecule has 0 spiro atoms. The van der Waals surface area contributed by atoms with Crippen molar-refractivity contribution in [3.63, 3.8) is 0 Å². The van der Waals surface area contributed by atoms with Crippen molar-refractivity contribution in [2.75, 3.05) is 0 Å². The number of aromatic nitrogens is 4. The zero-order valence-corrected chi connectivity index (χ0v) is 15.0. The minimum absolute atomic E-state index is 0.267. The van der Waals surface area contributed by atoms with E-state index < -0.39 is 5.56 Å². The van der Waals surface area contributed by atoms with Gasteiger partial charge in [0.2, 0.25) is 0 Å². The van der Waals surface area contributed by atoms with E-state index in [4.69, 9.17) is 0 Å². The van der Waals surface area contributed by atoms with Crippen molar-refractivity contribution < 1.29 is 0 Å². The number of hydrogen-bond acceptors (Lipinski definition) is 3. The molecule has 0 radical (unpaired) electrons. The maximum absolute atomic E-state index is 12.2. The van der Waals surface area contributed by atoms with Gasteiger partial charge in [-0.2, -0.15) is 0 Å². The van der Waals surface area contributed by atoms with E-state index in [1.54, 1.807) is 11.6 Å². The molecule has 6 nitrogen and oxygen atoms in total. The topological polar surface area (TPSA) is 61.8 Å². The highest BCUT2D eigenvalue weighted by atomic mass is 79.9. The molecule has 0 saturated carbocycles. The van der Waals surface area contributed by atoms with Crippen molar-refractivity contribution in [1.29, 1.82) is 0 Å². The van der Waals surface area contributed by atoms with Crippen molar-refractivity contribution in [3.05, 3.63) is 59.9 Å². The Hall–Kier alpha value is -1.67. The van der Waals surface area contributed by atoms with E-state index in [0.29, 0.717) is 16.9 Å². The Balaban J connectivity index is 2.32. The first-order chi connectivity index (χ1) is 10.4. The van der Waals surface area contributed by atoms with Crippen LogP contribution in [0, 0.1) is 0 Å². The third-order valence-electron chi connectivity index (χ3n) is 3.58. The molecule has 0 aliphatic carbocycles. The molecule has 2 heterocycles. The smallest absolute Gasteiger partial charge is 0.300 e. The van der Waals surface area contributed by atoms with Crippen molar-refractivity contribution in [1.82, 2.24) is 18.7 Å². The van der Waals surface area contributed by atoms with Crippen LogP contribution in [0.25, 0.3) is 11.2 Å². The van der Waals surface area contributed by atoms with Gasteiger partial charge in [0.05, 0.1) is 6.54 Å². The quantitative estimate of drug-likeness (QED) is 0.587. The first-order valence-corrected chi connectivity index (χ1v) is 8.05. The third-order valence-corrected chi connectivity index (χ3v) is 4.96. The molecule has 0 atom stereocenters. The lowest BCUT2D eigenvalue weighted by Gasteiger charge is -2.10. The van der Waals surface area contributed by atoms with Crippen molar-refractivity contribution in [2.24, 2.45) is 14.1 Å². The van der Waals surface area contributed by atoms with Crippen LogP contribution in [-0.2, 0) is 20.6 Å². The van der Waals surface area contributed by atoms with Gasteiger partial charge >= 0.3 is 5.69 Å². The highest BCUT2D eigenvalue weighted by Gasteiger charge is 2.18. The highest BCUT2D eigenvalue weighted by Crippen LogP contribution is 2.22. The van der Waals surface area contributed by atoms with Crippen molar-refractivity contribution in [3.8, 4) is 0 Å². The van der Waals surface area contributed by atoms with Gasteiger partial charge in [0.25, 0.3) is 5.56 Å². The summed E-state index contributed by atoms with van der Waals surface area (Å²) in [6, 6.07) is 7.78. The normalized spacial score (nSPS) is 11.3. The second kappa shape index (κ2) is 5.51. The predicted octanol–water partition coefficient (Wildman–Crippen LogP) is 2.01. The summed E-state index contributed by atoms with van der Waals surface area (Å²) in [7, 11) is 3.08. The SMILES string of the molecule is Cn1c(=O)c2nc(Br)n(Cc3ccccc3Br)c2n(C)c1=O. The lowest BCUT2D eigenvalue weighted by atomic mass is 10.2. The second-order valence-electron chi connectivity index (χ2n) is 4.94. The standard InChI is InChI=1S/C14H12Br2N4O2/c1-18-11-10(12(21)19(2)14(18)22)17-13(16)20(11)7-8-5-3-4-6-9(8)15/h3-6H,7H2,1-2H3. The van der Waals surface area contributed by atoms with E-state index in [1.807, 2.05) is 24.3 Å². The fraction of sp³-hybridized carbons (Fsp3) is 0.214. The van der Waals surface area contributed by atoms with Gasteiger partial charge in [-0.15, -0.1) is 0 Å². The lowest BCUT2D eigenvalue weighted by Crippen LogP contribution is -2.37. The van der Waals surface area contributed by atoms with E-state index in [0.717, 1.165) is 14.6 Å². The van der Waals surface area contributed by atoms with E-state index in [9.17, 15) is 9.59 Å². The maximum Gasteiger partial charge on any atom is 0.332 e. The van der Waals surface area contributed by atoms with E-state index in [-0.39, 0.29) is 11.2 Å². The Kier molecular flexibility index (Phi) is 3.82. The number of benzene rings is 1. The molecular weight excluding hydrogens is 416 g/mol. The van der Waals surface area contributed by atoms with Gasteiger partial charge in [-0.25, -0.2) is 9.78 Å². The minimum Gasteiger partial charge on any atom is -0.300 e. The number of nitrogens with zero attached hydrogens (tertiary/aromatic N) is 4. The van der Waals surface area contributed by atoms with Gasteiger partial charge < -0.3 is 0 Å². The molecule has 2 aromatic heterocycles. The molecule has 0 saturated heterocycles. The largest absolute Gasteiger partial charge is 0.332 e. The van der Waals surface area contributed by atoms with E-state index in [2.05, 4.69) is 36.8 Å². The molecule has 0 aliphatic rings. The van der Waals surface area contributed by atoms with Crippen LogP contribution in [0.5, 0.6) is 0 Å². The summed E-state index contributed by atoms with van der Waals surface area (Å²) in [5.41, 5.74) is 1.01. The van der Waals surface area contributed by atoms with Crippen LogP contribution in [-0.4, -0.2) is 18.7 Å². The Bertz CT molecular complexity index is 1000. The fourth-order valence-corrected chi connectivity index (χ4v) is 3.28. The Labute approximate surface area is 142 Å². The van der Waals surface area contributed by atoms with Crippen LogP contribution in [0.15, 0.2) is 43.1 Å². The Morgan fingerprint density at radius 1 is 1.09 bits per heavy atom. The van der Waals surface area contributed by atoms with E-state index in [1.165, 1.54) is 11.6 Å². The molecule has 0 unspecified atom stereocenters. The fourth-order valence-electron chi connectivity index (χ4n) is 2.40. The predicted molar refractivity (Wildman–Crippen MR) is 91.2 cm³/mol. The van der Waals surface area contributed by atoms with Gasteiger partial charge in [0, 0.05) is 18.6 Å². The van der Waals surface area contributed by atoms with Crippen molar-refractivity contribution >= 4 is 43.0 Å². The number of imidazole rings is 1. The van der Waals surface area contributed by atoms with Gasteiger partial charge in [-0.1, -0.05) is 34.1 Å². The molecule has 3 rings (SSSR count). The summed E-state index contributed by atoms with van der Waals surface area (Å²) in [5, 5.41) is 0. The number of fused-ring (bicyclic) bond motifs is 1.